The summed E-state index contributed by atoms with van der Waals surface area (Å²) in [6.07, 6.45) is 6.00. The lowest BCUT2D eigenvalue weighted by Gasteiger charge is -2.14. The molecule has 17 heavy (non-hydrogen) atoms. The molecule has 1 amide bonds. The van der Waals surface area contributed by atoms with Gasteiger partial charge in [-0.05, 0) is 26.7 Å². The van der Waals surface area contributed by atoms with Crippen molar-refractivity contribution in [2.45, 2.75) is 45.3 Å². The van der Waals surface area contributed by atoms with E-state index in [1.165, 1.54) is 0 Å². The summed E-state index contributed by atoms with van der Waals surface area (Å²) in [5, 5.41) is 6.21. The molecule has 1 atom stereocenters. The zero-order chi connectivity index (χ0) is 12.3. The summed E-state index contributed by atoms with van der Waals surface area (Å²) in [7, 11) is 0. The molecular formula is C12H20N4O. The van der Waals surface area contributed by atoms with Crippen molar-refractivity contribution >= 4 is 5.91 Å². The van der Waals surface area contributed by atoms with Crippen LogP contribution >= 0.6 is 0 Å². The predicted octanol–water partition coefficient (Wildman–Crippen LogP) is 0.448. The van der Waals surface area contributed by atoms with Crippen molar-refractivity contribution in [2.75, 3.05) is 6.54 Å². The van der Waals surface area contributed by atoms with Crippen LogP contribution in [-0.2, 0) is 11.3 Å². The van der Waals surface area contributed by atoms with Gasteiger partial charge in [0.25, 0.3) is 0 Å². The molecule has 0 radical (unpaired) electrons. The van der Waals surface area contributed by atoms with Crippen molar-refractivity contribution in [3.05, 3.63) is 18.2 Å². The van der Waals surface area contributed by atoms with Crippen LogP contribution in [0.4, 0.5) is 0 Å². The summed E-state index contributed by atoms with van der Waals surface area (Å²) in [6.45, 7) is 5.49. The molecule has 1 saturated carbocycles. The molecule has 1 aromatic heterocycles. The van der Waals surface area contributed by atoms with E-state index in [9.17, 15) is 4.79 Å². The average Bonchev–Trinajstić information content (AvgIpc) is 3.02. The van der Waals surface area contributed by atoms with Crippen LogP contribution in [0.5, 0.6) is 0 Å². The highest BCUT2D eigenvalue weighted by Gasteiger charge is 2.25. The zero-order valence-corrected chi connectivity index (χ0v) is 10.4. The Morgan fingerprint density at radius 1 is 1.65 bits per heavy atom. The summed E-state index contributed by atoms with van der Waals surface area (Å²) in [6, 6.07) is 0.307. The normalized spacial score (nSPS) is 16.8. The lowest BCUT2D eigenvalue weighted by molar-refractivity contribution is -0.122. The number of hydrogen-bond acceptors (Lipinski definition) is 3. The first-order valence-corrected chi connectivity index (χ1v) is 6.18. The number of carbonyl (C=O) groups is 1. The fraction of sp³-hybridized carbons (Fsp3) is 0.667. The van der Waals surface area contributed by atoms with Gasteiger partial charge in [0, 0.05) is 31.5 Å². The number of nitrogens with one attached hydrogen (secondary N) is 2. The Labute approximate surface area is 102 Å². The van der Waals surface area contributed by atoms with Gasteiger partial charge in [-0.25, -0.2) is 4.98 Å². The van der Waals surface area contributed by atoms with Crippen molar-refractivity contribution < 1.29 is 4.79 Å². The van der Waals surface area contributed by atoms with Crippen LogP contribution in [0.3, 0.4) is 0 Å². The number of amides is 1. The van der Waals surface area contributed by atoms with Crippen LogP contribution in [0.1, 0.15) is 25.6 Å². The van der Waals surface area contributed by atoms with Gasteiger partial charge in [0.1, 0.15) is 5.82 Å². The smallest absolute Gasteiger partial charge is 0.237 e. The first-order valence-electron chi connectivity index (χ1n) is 6.18. The second-order valence-corrected chi connectivity index (χ2v) is 4.63. The van der Waals surface area contributed by atoms with Crippen molar-refractivity contribution in [3.8, 4) is 0 Å². The fourth-order valence-corrected chi connectivity index (χ4v) is 1.69. The molecule has 1 aromatic rings. The van der Waals surface area contributed by atoms with E-state index in [2.05, 4.69) is 20.2 Å². The summed E-state index contributed by atoms with van der Waals surface area (Å²) < 4.78 is 2.07. The molecule has 0 aromatic carbocycles. The third-order valence-corrected chi connectivity index (χ3v) is 3.04. The van der Waals surface area contributed by atoms with E-state index in [1.54, 1.807) is 6.20 Å². The summed E-state index contributed by atoms with van der Waals surface area (Å²) in [5.74, 6) is 1.11. The van der Waals surface area contributed by atoms with Crippen molar-refractivity contribution in [1.29, 1.82) is 0 Å². The number of rotatable bonds is 6. The lowest BCUT2D eigenvalue weighted by atomic mass is 10.3. The van der Waals surface area contributed by atoms with Gasteiger partial charge in [-0.15, -0.1) is 0 Å². The number of hydrogen-bond donors (Lipinski definition) is 2. The van der Waals surface area contributed by atoms with E-state index in [4.69, 9.17) is 0 Å². The van der Waals surface area contributed by atoms with Gasteiger partial charge >= 0.3 is 0 Å². The molecule has 2 N–H and O–H groups in total. The van der Waals surface area contributed by atoms with Crippen molar-refractivity contribution in [2.24, 2.45) is 0 Å². The second-order valence-electron chi connectivity index (χ2n) is 4.63. The first-order chi connectivity index (χ1) is 8.16. The SMILES string of the molecule is Cc1nccn1CCNC(C)C(=O)NC1CC1. The first kappa shape index (κ1) is 12.1. The van der Waals surface area contributed by atoms with Gasteiger partial charge in [0.2, 0.25) is 5.91 Å². The summed E-state index contributed by atoms with van der Waals surface area (Å²) >= 11 is 0. The Morgan fingerprint density at radius 3 is 3.00 bits per heavy atom. The van der Waals surface area contributed by atoms with Crippen molar-refractivity contribution in [3.63, 3.8) is 0 Å². The fourth-order valence-electron chi connectivity index (χ4n) is 1.69. The third kappa shape index (κ3) is 3.56. The molecular weight excluding hydrogens is 216 g/mol. The summed E-state index contributed by atoms with van der Waals surface area (Å²) in [4.78, 5) is 15.8. The largest absolute Gasteiger partial charge is 0.352 e. The number of aromatic nitrogens is 2. The molecule has 5 nitrogen and oxygen atoms in total. The minimum absolute atomic E-state index is 0.106. The molecule has 0 spiro atoms. The minimum atomic E-state index is -0.126. The predicted molar refractivity (Wildman–Crippen MR) is 65.6 cm³/mol. The molecule has 1 fully saturated rings. The van der Waals surface area contributed by atoms with E-state index >= 15 is 0 Å². The molecule has 0 bridgehead atoms. The average molecular weight is 236 g/mol. The van der Waals surface area contributed by atoms with Gasteiger partial charge in [-0.3, -0.25) is 4.79 Å². The molecule has 5 heteroatoms. The molecule has 2 rings (SSSR count). The topological polar surface area (TPSA) is 59.0 Å². The van der Waals surface area contributed by atoms with Gasteiger partial charge < -0.3 is 15.2 Å². The highest BCUT2D eigenvalue weighted by Crippen LogP contribution is 2.18. The quantitative estimate of drug-likeness (QED) is 0.754. The zero-order valence-electron chi connectivity index (χ0n) is 10.4. The van der Waals surface area contributed by atoms with Crippen LogP contribution < -0.4 is 10.6 Å². The van der Waals surface area contributed by atoms with Crippen molar-refractivity contribution in [1.82, 2.24) is 20.2 Å². The Balaban J connectivity index is 1.67. The summed E-state index contributed by atoms with van der Waals surface area (Å²) in [5.41, 5.74) is 0. The molecule has 1 unspecified atom stereocenters. The Bertz CT molecular complexity index is 384. The third-order valence-electron chi connectivity index (χ3n) is 3.04. The van der Waals surface area contributed by atoms with Gasteiger partial charge in [-0.1, -0.05) is 0 Å². The molecule has 1 heterocycles. The highest BCUT2D eigenvalue weighted by molar-refractivity contribution is 5.81. The monoisotopic (exact) mass is 236 g/mol. The van der Waals surface area contributed by atoms with E-state index in [-0.39, 0.29) is 11.9 Å². The maximum absolute atomic E-state index is 11.7. The van der Waals surface area contributed by atoms with Crippen LogP contribution in [0, 0.1) is 6.92 Å². The maximum Gasteiger partial charge on any atom is 0.237 e. The molecule has 0 saturated heterocycles. The Kier molecular flexibility index (Phi) is 3.78. The van der Waals surface area contributed by atoms with Gasteiger partial charge in [0.05, 0.1) is 6.04 Å². The van der Waals surface area contributed by atoms with Crippen LogP contribution in [0.15, 0.2) is 12.4 Å². The number of imidazole rings is 1. The van der Waals surface area contributed by atoms with Gasteiger partial charge in [0.15, 0.2) is 0 Å². The van der Waals surface area contributed by atoms with Crippen LogP contribution in [-0.4, -0.2) is 34.1 Å². The van der Waals surface area contributed by atoms with E-state index in [0.717, 1.165) is 31.8 Å². The lowest BCUT2D eigenvalue weighted by Crippen LogP contribution is -2.43. The Morgan fingerprint density at radius 2 is 2.41 bits per heavy atom. The molecule has 94 valence electrons. The molecule has 1 aliphatic carbocycles. The highest BCUT2D eigenvalue weighted by atomic mass is 16.2. The second kappa shape index (κ2) is 5.31. The maximum atomic E-state index is 11.7. The number of nitrogens with zero attached hydrogens (tertiary/aromatic N) is 2. The van der Waals surface area contributed by atoms with Gasteiger partial charge in [-0.2, -0.15) is 0 Å². The molecule has 0 aliphatic heterocycles. The molecule has 1 aliphatic rings. The Hall–Kier alpha value is -1.36. The van der Waals surface area contributed by atoms with E-state index < -0.39 is 0 Å². The van der Waals surface area contributed by atoms with Crippen LogP contribution in [0.2, 0.25) is 0 Å². The number of aryl methyl sites for hydroxylation is 1. The standard InChI is InChI=1S/C12H20N4O/c1-9(12(17)15-11-3-4-11)13-5-7-16-8-6-14-10(16)2/h6,8-9,11,13H,3-5,7H2,1-2H3,(H,15,17). The van der Waals surface area contributed by atoms with E-state index in [0.29, 0.717) is 6.04 Å². The van der Waals surface area contributed by atoms with E-state index in [1.807, 2.05) is 20.0 Å². The number of carbonyl (C=O) groups excluding carboxylic acids is 1. The minimum Gasteiger partial charge on any atom is -0.352 e. The van der Waals surface area contributed by atoms with Crippen LogP contribution in [0.25, 0.3) is 0 Å².